The number of carbonyl (C=O) groups is 3. The summed E-state index contributed by atoms with van der Waals surface area (Å²) in [5.41, 5.74) is 2.17. The predicted molar refractivity (Wildman–Crippen MR) is 107 cm³/mol. The number of benzene rings is 1. The molecule has 2 aromatic rings. The van der Waals surface area contributed by atoms with E-state index in [1.165, 1.54) is 7.11 Å². The van der Waals surface area contributed by atoms with Gasteiger partial charge in [-0.1, -0.05) is 23.7 Å². The first-order chi connectivity index (χ1) is 14.0. The zero-order valence-electron chi connectivity index (χ0n) is 16.2. The molecule has 0 bridgehead atoms. The predicted octanol–water partition coefficient (Wildman–Crippen LogP) is 2.10. The second-order valence-corrected chi connectivity index (χ2v) is 7.11. The fourth-order valence-corrected chi connectivity index (χ4v) is 3.53. The van der Waals surface area contributed by atoms with Crippen LogP contribution in [0.25, 0.3) is 0 Å². The van der Waals surface area contributed by atoms with Crippen molar-refractivity contribution in [2.24, 2.45) is 0 Å². The summed E-state index contributed by atoms with van der Waals surface area (Å²) >= 11 is 5.99. The first kappa shape index (κ1) is 20.9. The van der Waals surface area contributed by atoms with Gasteiger partial charge in [0.15, 0.2) is 0 Å². The number of nitrogens with zero attached hydrogens (tertiary/aromatic N) is 2. The third kappa shape index (κ3) is 4.95. The molecule has 2 amide bonds. The van der Waals surface area contributed by atoms with E-state index in [0.29, 0.717) is 21.8 Å². The van der Waals surface area contributed by atoms with Crippen LogP contribution < -0.4 is 10.6 Å². The molecule has 0 unspecified atom stereocenters. The third-order valence-corrected chi connectivity index (χ3v) is 5.09. The van der Waals surface area contributed by atoms with Gasteiger partial charge in [0.25, 0.3) is 5.91 Å². The molecule has 0 spiro atoms. The summed E-state index contributed by atoms with van der Waals surface area (Å²) in [7, 11) is 1.33. The lowest BCUT2D eigenvalue weighted by Gasteiger charge is -2.13. The molecule has 1 aliphatic rings. The number of rotatable bonds is 7. The third-order valence-electron chi connectivity index (χ3n) is 4.76. The Kier molecular flexibility index (Phi) is 6.87. The highest BCUT2D eigenvalue weighted by molar-refractivity contribution is 6.33. The monoisotopic (exact) mass is 418 g/mol. The van der Waals surface area contributed by atoms with E-state index < -0.39 is 5.97 Å². The number of methoxy groups -OCH3 is 1. The van der Waals surface area contributed by atoms with Gasteiger partial charge in [-0.2, -0.15) is 5.10 Å². The summed E-state index contributed by atoms with van der Waals surface area (Å²) in [6, 6.07) is 6.71. The number of nitrogens with one attached hydrogen (secondary N) is 2. The molecular weight excluding hydrogens is 396 g/mol. The minimum Gasteiger partial charge on any atom is -0.465 e. The summed E-state index contributed by atoms with van der Waals surface area (Å²) in [6.07, 6.45) is 2.86. The average molecular weight is 419 g/mol. The maximum atomic E-state index is 12.2. The van der Waals surface area contributed by atoms with E-state index in [1.54, 1.807) is 24.3 Å². The quantitative estimate of drug-likeness (QED) is 0.670. The topological polar surface area (TPSA) is 102 Å². The van der Waals surface area contributed by atoms with Gasteiger partial charge in [0.05, 0.1) is 35.6 Å². The van der Waals surface area contributed by atoms with Crippen LogP contribution in [0.5, 0.6) is 0 Å². The lowest BCUT2D eigenvalue weighted by Crippen LogP contribution is -2.31. The van der Waals surface area contributed by atoms with Gasteiger partial charge in [-0.3, -0.25) is 14.3 Å². The normalized spacial score (nSPS) is 12.8. The van der Waals surface area contributed by atoms with Crippen LogP contribution in [0, 0.1) is 0 Å². The Morgan fingerprint density at radius 3 is 2.76 bits per heavy atom. The molecule has 8 nitrogen and oxygen atoms in total. The summed E-state index contributed by atoms with van der Waals surface area (Å²) in [5, 5.41) is 10.2. The van der Waals surface area contributed by atoms with Crippen molar-refractivity contribution in [3.63, 3.8) is 0 Å². The number of ether oxygens (including phenoxy) is 1. The number of aryl methyl sites for hydroxylation is 1. The summed E-state index contributed by atoms with van der Waals surface area (Å²) in [5.74, 6) is -1.03. The second-order valence-electron chi connectivity index (χ2n) is 6.70. The highest BCUT2D eigenvalue weighted by Crippen LogP contribution is 2.22. The smallest absolute Gasteiger partial charge is 0.341 e. The van der Waals surface area contributed by atoms with Crippen molar-refractivity contribution in [1.82, 2.24) is 20.4 Å². The molecule has 154 valence electrons. The van der Waals surface area contributed by atoms with Gasteiger partial charge in [-0.05, 0) is 31.4 Å². The lowest BCUT2D eigenvalue weighted by molar-refractivity contribution is -0.121. The van der Waals surface area contributed by atoms with E-state index in [2.05, 4.69) is 15.7 Å². The molecule has 9 heteroatoms. The minimum absolute atomic E-state index is 0.0946. The molecule has 1 aliphatic heterocycles. The van der Waals surface area contributed by atoms with E-state index in [4.69, 9.17) is 16.3 Å². The van der Waals surface area contributed by atoms with Crippen molar-refractivity contribution in [3.05, 3.63) is 51.8 Å². The number of amides is 2. The van der Waals surface area contributed by atoms with E-state index >= 15 is 0 Å². The van der Waals surface area contributed by atoms with Crippen molar-refractivity contribution in [2.75, 3.05) is 13.7 Å². The van der Waals surface area contributed by atoms with Crippen LogP contribution in [0.3, 0.4) is 0 Å². The molecule has 1 aromatic carbocycles. The molecule has 3 rings (SSSR count). The van der Waals surface area contributed by atoms with Crippen LogP contribution in [0.1, 0.15) is 51.4 Å². The van der Waals surface area contributed by atoms with Crippen LogP contribution in [-0.2, 0) is 29.0 Å². The minimum atomic E-state index is -0.440. The molecule has 1 aromatic heterocycles. The van der Waals surface area contributed by atoms with Crippen molar-refractivity contribution < 1.29 is 19.1 Å². The fraction of sp³-hybridized carbons (Fsp3) is 0.400. The first-order valence-corrected chi connectivity index (χ1v) is 9.85. The standard InChI is InChI=1S/C20H23ClN4O4/c1-29-20(28)18-15(24-25-11-5-4-8-16(18)25)12-23-17(26)9-10-22-19(27)13-6-2-3-7-14(13)21/h2-3,6-7H,4-5,8-12H2,1H3,(H,22,27)(H,23,26). The van der Waals surface area contributed by atoms with Crippen LogP contribution in [0.2, 0.25) is 5.02 Å². The zero-order chi connectivity index (χ0) is 20.8. The van der Waals surface area contributed by atoms with Crippen molar-refractivity contribution >= 4 is 29.4 Å². The number of esters is 1. The Balaban J connectivity index is 1.53. The Morgan fingerprint density at radius 1 is 1.21 bits per heavy atom. The number of hydrogen-bond donors (Lipinski definition) is 2. The molecule has 0 fully saturated rings. The van der Waals surface area contributed by atoms with Crippen molar-refractivity contribution in [1.29, 1.82) is 0 Å². The number of aromatic nitrogens is 2. The van der Waals surface area contributed by atoms with Gasteiger partial charge < -0.3 is 15.4 Å². The van der Waals surface area contributed by atoms with Crippen LogP contribution in [0.4, 0.5) is 0 Å². The Labute approximate surface area is 173 Å². The molecule has 0 atom stereocenters. The maximum absolute atomic E-state index is 12.2. The fourth-order valence-electron chi connectivity index (χ4n) is 3.31. The molecule has 2 N–H and O–H groups in total. The Morgan fingerprint density at radius 2 is 2.00 bits per heavy atom. The largest absolute Gasteiger partial charge is 0.465 e. The number of hydrogen-bond acceptors (Lipinski definition) is 5. The lowest BCUT2D eigenvalue weighted by atomic mass is 10.0. The van der Waals surface area contributed by atoms with Crippen LogP contribution in [-0.4, -0.2) is 41.2 Å². The van der Waals surface area contributed by atoms with Gasteiger partial charge in [0, 0.05) is 19.5 Å². The SMILES string of the molecule is COC(=O)c1c(CNC(=O)CCNC(=O)c2ccccc2Cl)nn2c1CCCC2. The van der Waals surface area contributed by atoms with Gasteiger partial charge >= 0.3 is 5.97 Å². The molecular formula is C20H23ClN4O4. The highest BCUT2D eigenvalue weighted by atomic mass is 35.5. The summed E-state index contributed by atoms with van der Waals surface area (Å²) in [6.45, 7) is 1.04. The van der Waals surface area contributed by atoms with Crippen LogP contribution in [0.15, 0.2) is 24.3 Å². The number of halogens is 1. The van der Waals surface area contributed by atoms with E-state index in [9.17, 15) is 14.4 Å². The summed E-state index contributed by atoms with van der Waals surface area (Å²) in [4.78, 5) is 36.4. The molecule has 29 heavy (non-hydrogen) atoms. The van der Waals surface area contributed by atoms with Gasteiger partial charge in [0.1, 0.15) is 5.56 Å². The highest BCUT2D eigenvalue weighted by Gasteiger charge is 2.26. The average Bonchev–Trinajstić information content (AvgIpc) is 3.10. The van der Waals surface area contributed by atoms with Crippen molar-refractivity contribution in [3.8, 4) is 0 Å². The maximum Gasteiger partial charge on any atom is 0.341 e. The Bertz CT molecular complexity index is 925. The Hall–Kier alpha value is -2.87. The van der Waals surface area contributed by atoms with E-state index in [-0.39, 0.29) is 31.3 Å². The second kappa shape index (κ2) is 9.56. The molecule has 0 radical (unpaired) electrons. The van der Waals surface area contributed by atoms with Gasteiger partial charge in [0.2, 0.25) is 5.91 Å². The van der Waals surface area contributed by atoms with E-state index in [0.717, 1.165) is 31.5 Å². The number of carbonyl (C=O) groups excluding carboxylic acids is 3. The molecule has 0 saturated carbocycles. The van der Waals surface area contributed by atoms with Crippen molar-refractivity contribution in [2.45, 2.75) is 38.8 Å². The van der Waals surface area contributed by atoms with Gasteiger partial charge in [-0.15, -0.1) is 0 Å². The first-order valence-electron chi connectivity index (χ1n) is 9.47. The van der Waals surface area contributed by atoms with Crippen LogP contribution >= 0.6 is 11.6 Å². The van der Waals surface area contributed by atoms with E-state index in [1.807, 2.05) is 4.68 Å². The van der Waals surface area contributed by atoms with Gasteiger partial charge in [-0.25, -0.2) is 4.79 Å². The summed E-state index contributed by atoms with van der Waals surface area (Å²) < 4.78 is 6.71. The molecule has 0 saturated heterocycles. The zero-order valence-corrected chi connectivity index (χ0v) is 16.9. The number of fused-ring (bicyclic) bond motifs is 1. The molecule has 0 aliphatic carbocycles. The molecule has 2 heterocycles.